The quantitative estimate of drug-likeness (QED) is 0.382. The van der Waals surface area contributed by atoms with Crippen LogP contribution in [0.2, 0.25) is 0 Å². The van der Waals surface area contributed by atoms with E-state index in [9.17, 15) is 0 Å². The van der Waals surface area contributed by atoms with Crippen LogP contribution in [0.3, 0.4) is 0 Å². The first-order valence-electron chi connectivity index (χ1n) is 2.49. The summed E-state index contributed by atoms with van der Waals surface area (Å²) in [6, 6.07) is 0. The summed E-state index contributed by atoms with van der Waals surface area (Å²) in [7, 11) is 0. The van der Waals surface area contributed by atoms with E-state index in [0.717, 1.165) is 0 Å². The predicted octanol–water partition coefficient (Wildman–Crippen LogP) is 1.47. The second kappa shape index (κ2) is 8.26. The van der Waals surface area contributed by atoms with E-state index < -0.39 is 0 Å². The molecule has 0 atom stereocenters. The fraction of sp³-hybridized carbons (Fsp3) is 0.250. The topological polar surface area (TPSA) is 0 Å². The van der Waals surface area contributed by atoms with Gasteiger partial charge in [-0.2, -0.15) is 0 Å². The molecule has 0 aliphatic heterocycles. The second-order valence-corrected chi connectivity index (χ2v) is 1.66. The molecule has 0 N–H and O–H groups in total. The number of hydrogen-bond acceptors (Lipinski definition) is 0. The lowest BCUT2D eigenvalue weighted by Gasteiger charge is -1.60. The second-order valence-electron chi connectivity index (χ2n) is 1.12. The van der Waals surface area contributed by atoms with Crippen LogP contribution in [0.25, 0.3) is 0 Å². The van der Waals surface area contributed by atoms with Crippen molar-refractivity contribution in [1.82, 2.24) is 0 Å². The zero-order valence-corrected chi connectivity index (χ0v) is 6.68. The van der Waals surface area contributed by atoms with Crippen molar-refractivity contribution in [3.63, 3.8) is 0 Å². The number of alkyl halides is 2. The Morgan fingerprint density at radius 1 is 0.700 bits per heavy atom. The predicted molar refractivity (Wildman–Crippen MR) is 44.8 cm³/mol. The first kappa shape index (κ1) is 9.26. The molecule has 0 aromatic rings. The van der Waals surface area contributed by atoms with Crippen LogP contribution in [0, 0.1) is 35.5 Å². The van der Waals surface area contributed by atoms with Gasteiger partial charge in [-0.05, 0) is 23.7 Å². The van der Waals surface area contributed by atoms with E-state index in [0.29, 0.717) is 11.8 Å². The van der Waals surface area contributed by atoms with Gasteiger partial charge < -0.3 is 0 Å². The minimum Gasteiger partial charge on any atom is -0.113 e. The summed E-state index contributed by atoms with van der Waals surface area (Å²) in [6.45, 7) is 0. The molecule has 10 heavy (non-hydrogen) atoms. The van der Waals surface area contributed by atoms with E-state index in [2.05, 4.69) is 35.5 Å². The van der Waals surface area contributed by atoms with Crippen molar-refractivity contribution in [2.75, 3.05) is 11.8 Å². The highest BCUT2D eigenvalue weighted by molar-refractivity contribution is 6.19. The van der Waals surface area contributed by atoms with Crippen molar-refractivity contribution in [2.45, 2.75) is 0 Å². The van der Waals surface area contributed by atoms with Gasteiger partial charge in [-0.3, -0.25) is 0 Å². The maximum absolute atomic E-state index is 5.24. The maximum atomic E-state index is 5.24. The number of rotatable bonds is 0. The van der Waals surface area contributed by atoms with Crippen LogP contribution in [-0.2, 0) is 0 Å². The van der Waals surface area contributed by atoms with Gasteiger partial charge in [0.25, 0.3) is 0 Å². The van der Waals surface area contributed by atoms with Gasteiger partial charge in [0.05, 0.1) is 11.8 Å². The molecule has 0 aliphatic rings. The Morgan fingerprint density at radius 2 is 1.10 bits per heavy atom. The lowest BCUT2D eigenvalue weighted by Crippen LogP contribution is -1.59. The Bertz CT molecular complexity index is 220. The fourth-order valence-electron chi connectivity index (χ4n) is 0.218. The molecular weight excluding hydrogens is 167 g/mol. The van der Waals surface area contributed by atoms with Crippen molar-refractivity contribution in [3.8, 4) is 35.5 Å². The highest BCUT2D eigenvalue weighted by Gasteiger charge is 1.59. The molecule has 0 saturated carbocycles. The zero-order chi connectivity index (χ0) is 7.66. The van der Waals surface area contributed by atoms with Gasteiger partial charge in [0, 0.05) is 0 Å². The first-order chi connectivity index (χ1) is 4.91. The molecular formula is C8H4Cl2. The van der Waals surface area contributed by atoms with Crippen LogP contribution in [0.15, 0.2) is 0 Å². The summed E-state index contributed by atoms with van der Waals surface area (Å²) in [5, 5.41) is 0. The van der Waals surface area contributed by atoms with Crippen molar-refractivity contribution in [1.29, 1.82) is 0 Å². The summed E-state index contributed by atoms with van der Waals surface area (Å²) >= 11 is 10.5. The summed E-state index contributed by atoms with van der Waals surface area (Å²) in [6.07, 6.45) is 0. The standard InChI is InChI=1S/C8H4Cl2/c9-7-5-3-1-2-4-6-8-10/h7-8H2. The third-order valence-electron chi connectivity index (χ3n) is 0.498. The van der Waals surface area contributed by atoms with E-state index in [4.69, 9.17) is 23.2 Å². The summed E-state index contributed by atoms with van der Waals surface area (Å²) in [5.74, 6) is 15.7. The van der Waals surface area contributed by atoms with Gasteiger partial charge >= 0.3 is 0 Å². The third-order valence-corrected chi connectivity index (χ3v) is 0.765. The van der Waals surface area contributed by atoms with E-state index in [1.54, 1.807) is 0 Å². The highest BCUT2D eigenvalue weighted by atomic mass is 35.5. The lowest BCUT2D eigenvalue weighted by molar-refractivity contribution is 1.91. The Labute approximate surface area is 70.9 Å². The maximum Gasteiger partial charge on any atom is 0.0845 e. The molecule has 0 spiro atoms. The van der Waals surface area contributed by atoms with Crippen molar-refractivity contribution < 1.29 is 0 Å². The largest absolute Gasteiger partial charge is 0.113 e. The molecule has 0 aliphatic carbocycles. The Kier molecular flexibility index (Phi) is 7.65. The molecule has 0 saturated heterocycles. The average molecular weight is 171 g/mol. The van der Waals surface area contributed by atoms with Crippen molar-refractivity contribution in [2.24, 2.45) is 0 Å². The smallest absolute Gasteiger partial charge is 0.0845 e. The Hall–Kier alpha value is -0.740. The van der Waals surface area contributed by atoms with Gasteiger partial charge in [-0.15, -0.1) is 23.2 Å². The molecule has 2 heteroatoms. The third kappa shape index (κ3) is 7.26. The molecule has 0 bridgehead atoms. The minimum atomic E-state index is 0.303. The Balaban J connectivity index is 3.70. The van der Waals surface area contributed by atoms with Crippen LogP contribution < -0.4 is 0 Å². The van der Waals surface area contributed by atoms with E-state index in [1.807, 2.05) is 0 Å². The van der Waals surface area contributed by atoms with E-state index in [-0.39, 0.29) is 0 Å². The van der Waals surface area contributed by atoms with Gasteiger partial charge in [-0.1, -0.05) is 11.8 Å². The van der Waals surface area contributed by atoms with Gasteiger partial charge in [0.2, 0.25) is 0 Å². The van der Waals surface area contributed by atoms with Crippen LogP contribution in [0.1, 0.15) is 0 Å². The molecule has 0 nitrogen and oxygen atoms in total. The van der Waals surface area contributed by atoms with Gasteiger partial charge in [-0.25, -0.2) is 0 Å². The summed E-state index contributed by atoms with van der Waals surface area (Å²) < 4.78 is 0. The molecule has 0 heterocycles. The SMILES string of the molecule is ClCC#CC#CC#CCCl. The van der Waals surface area contributed by atoms with E-state index >= 15 is 0 Å². The fourth-order valence-corrected chi connectivity index (χ4v) is 0.351. The first-order valence-corrected chi connectivity index (χ1v) is 3.56. The van der Waals surface area contributed by atoms with Crippen molar-refractivity contribution in [3.05, 3.63) is 0 Å². The molecule has 0 aromatic carbocycles. The molecule has 0 radical (unpaired) electrons. The number of hydrogen-bond donors (Lipinski definition) is 0. The van der Waals surface area contributed by atoms with Gasteiger partial charge in [0.15, 0.2) is 0 Å². The molecule has 0 amide bonds. The molecule has 0 fully saturated rings. The normalized spacial score (nSPS) is 5.40. The monoisotopic (exact) mass is 170 g/mol. The number of halogens is 2. The lowest BCUT2D eigenvalue weighted by atomic mass is 10.5. The van der Waals surface area contributed by atoms with Crippen LogP contribution in [0.5, 0.6) is 0 Å². The Morgan fingerprint density at radius 3 is 1.40 bits per heavy atom. The molecule has 50 valence electrons. The molecule has 0 unspecified atom stereocenters. The van der Waals surface area contributed by atoms with Crippen LogP contribution in [0.4, 0.5) is 0 Å². The van der Waals surface area contributed by atoms with Crippen LogP contribution in [-0.4, -0.2) is 11.8 Å². The summed E-state index contributed by atoms with van der Waals surface area (Å²) in [4.78, 5) is 0. The van der Waals surface area contributed by atoms with Gasteiger partial charge in [0.1, 0.15) is 0 Å². The molecule has 0 rings (SSSR count). The minimum absolute atomic E-state index is 0.303. The molecule has 0 aromatic heterocycles. The zero-order valence-electron chi connectivity index (χ0n) is 5.17. The average Bonchev–Trinajstić information content (AvgIpc) is 1.97. The van der Waals surface area contributed by atoms with E-state index in [1.165, 1.54) is 0 Å². The van der Waals surface area contributed by atoms with Crippen LogP contribution >= 0.6 is 23.2 Å². The highest BCUT2D eigenvalue weighted by Crippen LogP contribution is 1.67. The summed E-state index contributed by atoms with van der Waals surface area (Å²) in [5.41, 5.74) is 0. The van der Waals surface area contributed by atoms with Crippen molar-refractivity contribution >= 4 is 23.2 Å².